The zero-order valence-corrected chi connectivity index (χ0v) is 13.9. The zero-order chi connectivity index (χ0) is 17.5. The smallest absolute Gasteiger partial charge is 0.270 e. The molecule has 1 heterocycles. The lowest BCUT2D eigenvalue weighted by Gasteiger charge is -2.09. The van der Waals surface area contributed by atoms with E-state index in [1.807, 2.05) is 0 Å². The fourth-order valence-corrected chi connectivity index (χ4v) is 2.02. The highest BCUT2D eigenvalue weighted by Gasteiger charge is 2.10. The van der Waals surface area contributed by atoms with Crippen LogP contribution in [0.5, 0.6) is 0 Å². The molecular formula is C17H20N4O3. The maximum absolute atomic E-state index is 12.1. The topological polar surface area (TPSA) is 93.2 Å². The van der Waals surface area contributed by atoms with Gasteiger partial charge in [0.05, 0.1) is 6.61 Å². The summed E-state index contributed by atoms with van der Waals surface area (Å²) < 4.78 is 4.90. The van der Waals surface area contributed by atoms with Crippen LogP contribution in [0.1, 0.15) is 33.5 Å². The number of Topliss-reactive ketones (excluding diaryl/α,β-unsaturated/α-hetero) is 1. The van der Waals surface area contributed by atoms with Crippen molar-refractivity contribution in [2.75, 3.05) is 25.6 Å². The van der Waals surface area contributed by atoms with Gasteiger partial charge in [-0.05, 0) is 44.2 Å². The number of carbonyl (C=O) groups excluding carboxylic acids is 2. The summed E-state index contributed by atoms with van der Waals surface area (Å²) in [5.41, 5.74) is 2.31. The third-order valence-electron chi connectivity index (χ3n) is 3.23. The van der Waals surface area contributed by atoms with Gasteiger partial charge in [-0.25, -0.2) is 9.97 Å². The number of aryl methyl sites for hydroxylation is 1. The van der Waals surface area contributed by atoms with Gasteiger partial charge in [0.25, 0.3) is 5.91 Å². The Morgan fingerprint density at radius 2 is 1.88 bits per heavy atom. The Morgan fingerprint density at radius 1 is 1.17 bits per heavy atom. The first-order chi connectivity index (χ1) is 11.5. The van der Waals surface area contributed by atoms with Gasteiger partial charge in [0.2, 0.25) is 5.95 Å². The Kier molecular flexibility index (Phi) is 5.97. The van der Waals surface area contributed by atoms with Crippen LogP contribution in [-0.2, 0) is 4.74 Å². The summed E-state index contributed by atoms with van der Waals surface area (Å²) in [4.78, 5) is 31.9. The van der Waals surface area contributed by atoms with Crippen molar-refractivity contribution in [3.05, 3.63) is 47.3 Å². The average molecular weight is 328 g/mol. The quantitative estimate of drug-likeness (QED) is 0.597. The lowest BCUT2D eigenvalue weighted by Crippen LogP contribution is -2.28. The first-order valence-corrected chi connectivity index (χ1v) is 7.50. The van der Waals surface area contributed by atoms with Crippen molar-refractivity contribution in [2.45, 2.75) is 13.8 Å². The van der Waals surface area contributed by atoms with Crippen LogP contribution in [0, 0.1) is 6.92 Å². The molecule has 0 radical (unpaired) electrons. The van der Waals surface area contributed by atoms with Crippen LogP contribution in [0.15, 0.2) is 30.3 Å². The summed E-state index contributed by atoms with van der Waals surface area (Å²) in [5, 5.41) is 5.75. The fraction of sp³-hybridized carbons (Fsp3) is 0.294. The molecule has 7 nitrogen and oxygen atoms in total. The normalized spacial score (nSPS) is 10.3. The van der Waals surface area contributed by atoms with Crippen LogP contribution >= 0.6 is 0 Å². The molecule has 0 atom stereocenters. The third-order valence-corrected chi connectivity index (χ3v) is 3.23. The minimum atomic E-state index is -0.285. The lowest BCUT2D eigenvalue weighted by molar-refractivity contribution is 0.0931. The molecule has 1 aromatic carbocycles. The van der Waals surface area contributed by atoms with Crippen LogP contribution < -0.4 is 10.6 Å². The van der Waals surface area contributed by atoms with Crippen molar-refractivity contribution in [2.24, 2.45) is 0 Å². The van der Waals surface area contributed by atoms with E-state index in [2.05, 4.69) is 20.6 Å². The molecule has 0 spiro atoms. The molecule has 0 bridgehead atoms. The van der Waals surface area contributed by atoms with Gasteiger partial charge in [0, 0.05) is 30.6 Å². The molecule has 1 aromatic heterocycles. The number of nitrogens with one attached hydrogen (secondary N) is 2. The molecule has 0 fully saturated rings. The molecule has 0 aliphatic carbocycles. The van der Waals surface area contributed by atoms with Crippen LogP contribution in [0.25, 0.3) is 0 Å². The minimum absolute atomic E-state index is 0.00312. The van der Waals surface area contributed by atoms with Gasteiger partial charge in [-0.3, -0.25) is 9.59 Å². The Labute approximate surface area is 140 Å². The van der Waals surface area contributed by atoms with Crippen molar-refractivity contribution in [3.63, 3.8) is 0 Å². The summed E-state index contributed by atoms with van der Waals surface area (Å²) in [7, 11) is 1.57. The monoisotopic (exact) mass is 328 g/mol. The van der Waals surface area contributed by atoms with Crippen molar-refractivity contribution in [1.82, 2.24) is 15.3 Å². The summed E-state index contributed by atoms with van der Waals surface area (Å²) in [6, 6.07) is 8.59. The molecule has 0 aliphatic heterocycles. The highest BCUT2D eigenvalue weighted by Crippen LogP contribution is 2.15. The SMILES string of the molecule is COCCNC(=O)c1cc(C)nc(Nc2ccc(C(C)=O)cc2)n1. The molecule has 7 heteroatoms. The van der Waals surface area contributed by atoms with Gasteiger partial charge >= 0.3 is 0 Å². The Hall–Kier alpha value is -2.80. The van der Waals surface area contributed by atoms with Crippen molar-refractivity contribution >= 4 is 23.3 Å². The summed E-state index contributed by atoms with van der Waals surface area (Å²) in [6.07, 6.45) is 0. The van der Waals surface area contributed by atoms with Gasteiger partial charge in [0.15, 0.2) is 5.78 Å². The minimum Gasteiger partial charge on any atom is -0.383 e. The number of aromatic nitrogens is 2. The number of methoxy groups -OCH3 is 1. The van der Waals surface area contributed by atoms with E-state index in [-0.39, 0.29) is 17.4 Å². The lowest BCUT2D eigenvalue weighted by atomic mass is 10.1. The second-order valence-corrected chi connectivity index (χ2v) is 5.23. The largest absolute Gasteiger partial charge is 0.383 e. The van der Waals surface area contributed by atoms with Crippen LogP contribution in [0.3, 0.4) is 0 Å². The zero-order valence-electron chi connectivity index (χ0n) is 13.9. The highest BCUT2D eigenvalue weighted by molar-refractivity contribution is 5.94. The second kappa shape index (κ2) is 8.16. The standard InChI is InChI=1S/C17H20N4O3/c1-11-10-15(16(23)18-8-9-24-3)21-17(19-11)20-14-6-4-13(5-7-14)12(2)22/h4-7,10H,8-9H2,1-3H3,(H,18,23)(H,19,20,21). The highest BCUT2D eigenvalue weighted by atomic mass is 16.5. The van der Waals surface area contributed by atoms with Gasteiger partial charge in [-0.15, -0.1) is 0 Å². The number of carbonyl (C=O) groups is 2. The number of anilines is 2. The molecule has 0 saturated heterocycles. The Bertz CT molecular complexity index is 729. The fourth-order valence-electron chi connectivity index (χ4n) is 2.02. The number of nitrogens with zero attached hydrogens (tertiary/aromatic N) is 2. The van der Waals surface area contributed by atoms with Crippen molar-refractivity contribution in [1.29, 1.82) is 0 Å². The van der Waals surface area contributed by atoms with E-state index in [0.717, 1.165) is 5.69 Å². The van der Waals surface area contributed by atoms with Crippen LogP contribution in [-0.4, -0.2) is 41.9 Å². The number of ketones is 1. The molecular weight excluding hydrogens is 308 g/mol. The molecule has 0 unspecified atom stereocenters. The molecule has 2 N–H and O–H groups in total. The number of amides is 1. The van der Waals surface area contributed by atoms with E-state index >= 15 is 0 Å². The summed E-state index contributed by atoms with van der Waals surface area (Å²) in [6.45, 7) is 4.15. The van der Waals surface area contributed by atoms with E-state index in [0.29, 0.717) is 30.4 Å². The predicted octanol–water partition coefficient (Wildman–Crippen LogP) is 2.11. The molecule has 1 amide bonds. The van der Waals surface area contributed by atoms with E-state index < -0.39 is 0 Å². The Balaban J connectivity index is 2.12. The summed E-state index contributed by atoms with van der Waals surface area (Å²) in [5.74, 6) is 0.0402. The number of ether oxygens (including phenoxy) is 1. The molecule has 24 heavy (non-hydrogen) atoms. The molecule has 0 saturated carbocycles. The summed E-state index contributed by atoms with van der Waals surface area (Å²) >= 11 is 0. The Morgan fingerprint density at radius 3 is 2.50 bits per heavy atom. The van der Waals surface area contributed by atoms with E-state index in [4.69, 9.17) is 4.74 Å². The molecule has 2 rings (SSSR count). The number of benzene rings is 1. The van der Waals surface area contributed by atoms with Gasteiger partial charge in [-0.2, -0.15) is 0 Å². The number of rotatable bonds is 7. The molecule has 126 valence electrons. The molecule has 0 aliphatic rings. The first kappa shape index (κ1) is 17.6. The van der Waals surface area contributed by atoms with E-state index in [9.17, 15) is 9.59 Å². The predicted molar refractivity (Wildman–Crippen MR) is 90.7 cm³/mol. The molecule has 2 aromatic rings. The van der Waals surface area contributed by atoms with Gasteiger partial charge in [0.1, 0.15) is 5.69 Å². The van der Waals surface area contributed by atoms with Crippen LogP contribution in [0.2, 0.25) is 0 Å². The van der Waals surface area contributed by atoms with E-state index in [1.165, 1.54) is 6.92 Å². The average Bonchev–Trinajstić information content (AvgIpc) is 2.55. The maximum Gasteiger partial charge on any atom is 0.270 e. The number of hydrogen-bond donors (Lipinski definition) is 2. The third kappa shape index (κ3) is 4.85. The second-order valence-electron chi connectivity index (χ2n) is 5.23. The number of hydrogen-bond acceptors (Lipinski definition) is 6. The van der Waals surface area contributed by atoms with E-state index in [1.54, 1.807) is 44.4 Å². The van der Waals surface area contributed by atoms with Crippen LogP contribution in [0.4, 0.5) is 11.6 Å². The maximum atomic E-state index is 12.1. The van der Waals surface area contributed by atoms with Gasteiger partial charge in [-0.1, -0.05) is 0 Å². The van der Waals surface area contributed by atoms with Crippen molar-refractivity contribution < 1.29 is 14.3 Å². The van der Waals surface area contributed by atoms with Gasteiger partial charge < -0.3 is 15.4 Å². The van der Waals surface area contributed by atoms with Crippen molar-refractivity contribution in [3.8, 4) is 0 Å². The first-order valence-electron chi connectivity index (χ1n) is 7.50.